The fourth-order valence-electron chi connectivity index (χ4n) is 2.53. The molecule has 0 unspecified atom stereocenters. The highest BCUT2D eigenvalue weighted by Gasteiger charge is 2.07. The van der Waals surface area contributed by atoms with Gasteiger partial charge in [0.1, 0.15) is 5.75 Å². The molecule has 2 aromatic carbocycles. The second-order valence-electron chi connectivity index (χ2n) is 6.09. The van der Waals surface area contributed by atoms with Gasteiger partial charge in [-0.25, -0.2) is 5.43 Å². The number of unbranched alkanes of at least 4 members (excludes halogenated alkanes) is 4. The largest absolute Gasteiger partial charge is 0.493 e. The first-order valence-corrected chi connectivity index (χ1v) is 9.12. The minimum atomic E-state index is -0.339. The maximum atomic E-state index is 12.1. The highest BCUT2D eigenvalue weighted by molar-refractivity contribution is 5.99. The normalized spacial score (nSPS) is 10.8. The Morgan fingerprint density at radius 1 is 1.08 bits per heavy atom. The minimum absolute atomic E-state index is 0.339. The van der Waals surface area contributed by atoms with Gasteiger partial charge in [0.2, 0.25) is 0 Å². The molecule has 0 aliphatic heterocycles. The lowest BCUT2D eigenvalue weighted by Gasteiger charge is -2.09. The van der Waals surface area contributed by atoms with Crippen molar-refractivity contribution in [3.8, 4) is 5.75 Å². The summed E-state index contributed by atoms with van der Waals surface area (Å²) in [6.45, 7) is 2.89. The van der Waals surface area contributed by atoms with Crippen LogP contribution in [0.2, 0.25) is 0 Å². The minimum Gasteiger partial charge on any atom is -0.493 e. The number of rotatable bonds is 10. The van der Waals surface area contributed by atoms with Crippen molar-refractivity contribution in [2.75, 3.05) is 12.3 Å². The molecule has 3 N–H and O–H groups in total. The third kappa shape index (κ3) is 6.24. The lowest BCUT2D eigenvalue weighted by molar-refractivity contribution is 0.0956. The van der Waals surface area contributed by atoms with Crippen molar-refractivity contribution in [2.24, 2.45) is 5.10 Å². The van der Waals surface area contributed by atoms with Crippen molar-refractivity contribution in [1.29, 1.82) is 0 Å². The van der Waals surface area contributed by atoms with E-state index in [1.54, 1.807) is 30.5 Å². The van der Waals surface area contributed by atoms with Crippen LogP contribution in [0.4, 0.5) is 5.69 Å². The average molecular weight is 353 g/mol. The Labute approximate surface area is 155 Å². The standard InChI is InChI=1S/C21H27N3O2/c1-2-3-4-5-10-15-26-20-14-9-6-11-17(20)16-23-24-21(25)18-12-7-8-13-19(18)22/h6-9,11-14,16H,2-5,10,15,22H2,1H3,(H,24,25)/b23-16-. The van der Waals surface area contributed by atoms with Gasteiger partial charge < -0.3 is 10.5 Å². The van der Waals surface area contributed by atoms with Crippen molar-refractivity contribution in [2.45, 2.75) is 39.0 Å². The van der Waals surface area contributed by atoms with Gasteiger partial charge in [-0.05, 0) is 30.7 Å². The first kappa shape index (κ1) is 19.5. The maximum Gasteiger partial charge on any atom is 0.273 e. The fourth-order valence-corrected chi connectivity index (χ4v) is 2.53. The molecule has 0 aliphatic carbocycles. The number of hydrogen-bond donors (Lipinski definition) is 2. The molecule has 0 heterocycles. The second kappa shape index (κ2) is 10.9. The number of carbonyl (C=O) groups is 1. The number of nitrogens with one attached hydrogen (secondary N) is 1. The molecule has 0 saturated heterocycles. The molecule has 138 valence electrons. The lowest BCUT2D eigenvalue weighted by atomic mass is 10.1. The zero-order valence-corrected chi connectivity index (χ0v) is 15.3. The number of hydrogen-bond acceptors (Lipinski definition) is 4. The van der Waals surface area contributed by atoms with E-state index in [9.17, 15) is 4.79 Å². The molecule has 0 aromatic heterocycles. The van der Waals surface area contributed by atoms with E-state index in [0.29, 0.717) is 17.9 Å². The highest BCUT2D eigenvalue weighted by atomic mass is 16.5. The molecule has 26 heavy (non-hydrogen) atoms. The molecule has 5 heteroatoms. The quantitative estimate of drug-likeness (QED) is 0.288. The molecular weight excluding hydrogens is 326 g/mol. The Bertz CT molecular complexity index is 729. The van der Waals surface area contributed by atoms with Crippen LogP contribution in [0.1, 0.15) is 54.9 Å². The zero-order chi connectivity index (χ0) is 18.6. The van der Waals surface area contributed by atoms with E-state index < -0.39 is 0 Å². The van der Waals surface area contributed by atoms with Gasteiger partial charge in [-0.15, -0.1) is 0 Å². The van der Waals surface area contributed by atoms with Crippen LogP contribution in [0.5, 0.6) is 5.75 Å². The first-order valence-electron chi connectivity index (χ1n) is 9.12. The van der Waals surface area contributed by atoms with Crippen LogP contribution in [0.25, 0.3) is 0 Å². The van der Waals surface area contributed by atoms with Crippen molar-refractivity contribution >= 4 is 17.8 Å². The number of anilines is 1. The van der Waals surface area contributed by atoms with E-state index in [1.807, 2.05) is 24.3 Å². The highest BCUT2D eigenvalue weighted by Crippen LogP contribution is 2.17. The number of carbonyl (C=O) groups excluding carboxylic acids is 1. The van der Waals surface area contributed by atoms with E-state index in [0.717, 1.165) is 17.7 Å². The molecule has 0 bridgehead atoms. The monoisotopic (exact) mass is 353 g/mol. The average Bonchev–Trinajstić information content (AvgIpc) is 2.66. The molecule has 0 spiro atoms. The predicted molar refractivity (Wildman–Crippen MR) is 107 cm³/mol. The summed E-state index contributed by atoms with van der Waals surface area (Å²) in [6, 6.07) is 14.5. The summed E-state index contributed by atoms with van der Waals surface area (Å²) in [6.07, 6.45) is 7.56. The van der Waals surface area contributed by atoms with Crippen LogP contribution in [0, 0.1) is 0 Å². The topological polar surface area (TPSA) is 76.7 Å². The van der Waals surface area contributed by atoms with Crippen LogP contribution in [-0.4, -0.2) is 18.7 Å². The number of ether oxygens (including phenoxy) is 1. The summed E-state index contributed by atoms with van der Waals surface area (Å²) in [5.41, 5.74) is 9.94. The van der Waals surface area contributed by atoms with E-state index >= 15 is 0 Å². The van der Waals surface area contributed by atoms with Gasteiger partial charge in [0.05, 0.1) is 18.4 Å². The number of nitrogens with zero attached hydrogens (tertiary/aromatic N) is 1. The fraction of sp³-hybridized carbons (Fsp3) is 0.333. The molecule has 2 rings (SSSR count). The molecule has 0 fully saturated rings. The maximum absolute atomic E-state index is 12.1. The second-order valence-corrected chi connectivity index (χ2v) is 6.09. The molecule has 1 amide bonds. The van der Waals surface area contributed by atoms with Crippen LogP contribution in [0.3, 0.4) is 0 Å². The van der Waals surface area contributed by atoms with Crippen LogP contribution >= 0.6 is 0 Å². The smallest absolute Gasteiger partial charge is 0.273 e. The molecule has 0 atom stereocenters. The van der Waals surface area contributed by atoms with Crippen molar-refractivity contribution in [1.82, 2.24) is 5.43 Å². The number of para-hydroxylation sites is 2. The summed E-state index contributed by atoms with van der Waals surface area (Å²) in [5, 5.41) is 4.03. The summed E-state index contributed by atoms with van der Waals surface area (Å²) >= 11 is 0. The van der Waals surface area contributed by atoms with Crippen molar-refractivity contribution in [3.63, 3.8) is 0 Å². The predicted octanol–water partition coefficient (Wildman–Crippen LogP) is 4.38. The number of benzene rings is 2. The van der Waals surface area contributed by atoms with Crippen LogP contribution in [-0.2, 0) is 0 Å². The van der Waals surface area contributed by atoms with Gasteiger partial charge >= 0.3 is 0 Å². The van der Waals surface area contributed by atoms with E-state index in [1.165, 1.54) is 25.7 Å². The van der Waals surface area contributed by atoms with E-state index in [4.69, 9.17) is 10.5 Å². The van der Waals surface area contributed by atoms with Crippen LogP contribution < -0.4 is 15.9 Å². The third-order valence-electron chi connectivity index (χ3n) is 4.00. The molecule has 0 saturated carbocycles. The summed E-state index contributed by atoms with van der Waals surface area (Å²) in [7, 11) is 0. The number of nitrogens with two attached hydrogens (primary N) is 1. The lowest BCUT2D eigenvalue weighted by Crippen LogP contribution is -2.19. The SMILES string of the molecule is CCCCCCCOc1ccccc1/C=N\NC(=O)c1ccccc1N. The van der Waals surface area contributed by atoms with Gasteiger partial charge in [-0.2, -0.15) is 5.10 Å². The number of hydrazone groups is 1. The molecule has 0 aliphatic rings. The number of nitrogen functional groups attached to an aromatic ring is 1. The third-order valence-corrected chi connectivity index (χ3v) is 4.00. The Balaban J connectivity index is 1.88. The zero-order valence-electron chi connectivity index (χ0n) is 15.3. The van der Waals surface area contributed by atoms with Gasteiger partial charge in [-0.1, -0.05) is 56.9 Å². The molecule has 5 nitrogen and oxygen atoms in total. The van der Waals surface area contributed by atoms with E-state index in [2.05, 4.69) is 17.5 Å². The van der Waals surface area contributed by atoms with Crippen molar-refractivity contribution < 1.29 is 9.53 Å². The Kier molecular flexibility index (Phi) is 8.19. The van der Waals surface area contributed by atoms with Crippen molar-refractivity contribution in [3.05, 3.63) is 59.7 Å². The molecule has 0 radical (unpaired) electrons. The molecule has 2 aromatic rings. The summed E-state index contributed by atoms with van der Waals surface area (Å²) in [4.78, 5) is 12.1. The Hall–Kier alpha value is -2.82. The number of amides is 1. The van der Waals surface area contributed by atoms with Gasteiger partial charge in [0.25, 0.3) is 5.91 Å². The van der Waals surface area contributed by atoms with Gasteiger partial charge in [-0.3, -0.25) is 4.79 Å². The van der Waals surface area contributed by atoms with Crippen LogP contribution in [0.15, 0.2) is 53.6 Å². The Morgan fingerprint density at radius 3 is 2.62 bits per heavy atom. The summed E-state index contributed by atoms with van der Waals surface area (Å²) in [5.74, 6) is 0.425. The Morgan fingerprint density at radius 2 is 1.81 bits per heavy atom. The van der Waals surface area contributed by atoms with Gasteiger partial charge in [0, 0.05) is 11.3 Å². The molecular formula is C21H27N3O2. The van der Waals surface area contributed by atoms with Gasteiger partial charge in [0.15, 0.2) is 0 Å². The first-order chi connectivity index (χ1) is 12.7. The summed E-state index contributed by atoms with van der Waals surface area (Å²) < 4.78 is 5.85. The van der Waals surface area contributed by atoms with E-state index in [-0.39, 0.29) is 5.91 Å².